The number of guanidine groups is 1. The van der Waals surface area contributed by atoms with Crippen molar-refractivity contribution in [2.75, 3.05) is 45.8 Å². The summed E-state index contributed by atoms with van der Waals surface area (Å²) in [6.07, 6.45) is -4.20. The molecule has 0 aromatic carbocycles. The molecule has 26 heavy (non-hydrogen) atoms. The van der Waals surface area contributed by atoms with Crippen LogP contribution >= 0.6 is 24.0 Å². The van der Waals surface area contributed by atoms with Crippen molar-refractivity contribution in [2.45, 2.75) is 39.9 Å². The molecule has 0 saturated carbocycles. The zero-order chi connectivity index (χ0) is 19.0. The maximum absolute atomic E-state index is 12.8. The molecule has 1 aliphatic rings. The SMILES string of the molecule is CCNC(=NCCNC(=O)C(C)C)N1CCN(C(C)C(F)(F)F)CC1.I. The molecule has 0 aromatic heterocycles. The van der Waals surface area contributed by atoms with Crippen LogP contribution in [0.3, 0.4) is 0 Å². The van der Waals surface area contributed by atoms with Crippen molar-refractivity contribution in [3.05, 3.63) is 0 Å². The molecule has 2 N–H and O–H groups in total. The first kappa shape index (κ1) is 25.2. The molecular weight excluding hydrogens is 462 g/mol. The van der Waals surface area contributed by atoms with E-state index in [0.29, 0.717) is 51.8 Å². The standard InChI is InChI=1S/C16H30F3N5O.HI/c1-5-20-15(22-7-6-21-14(25)12(2)3)24-10-8-23(9-11-24)13(4)16(17,18)19;/h12-13H,5-11H2,1-4H3,(H,20,22)(H,21,25);1H. The quantitative estimate of drug-likeness (QED) is 0.257. The molecule has 0 spiro atoms. The Bertz CT molecular complexity index is 452. The van der Waals surface area contributed by atoms with Gasteiger partial charge in [-0.2, -0.15) is 13.2 Å². The fourth-order valence-electron chi connectivity index (χ4n) is 2.50. The number of piperazine rings is 1. The Morgan fingerprint density at radius 2 is 1.69 bits per heavy atom. The lowest BCUT2D eigenvalue weighted by Gasteiger charge is -2.39. The van der Waals surface area contributed by atoms with E-state index in [-0.39, 0.29) is 35.8 Å². The number of carbonyl (C=O) groups is 1. The largest absolute Gasteiger partial charge is 0.403 e. The van der Waals surface area contributed by atoms with Gasteiger partial charge in [0, 0.05) is 45.2 Å². The zero-order valence-electron chi connectivity index (χ0n) is 15.9. The molecule has 0 aliphatic carbocycles. The van der Waals surface area contributed by atoms with Gasteiger partial charge in [0.05, 0.1) is 6.54 Å². The van der Waals surface area contributed by atoms with Gasteiger partial charge in [-0.3, -0.25) is 14.7 Å². The van der Waals surface area contributed by atoms with Crippen molar-refractivity contribution >= 4 is 35.8 Å². The highest BCUT2D eigenvalue weighted by Crippen LogP contribution is 2.25. The zero-order valence-corrected chi connectivity index (χ0v) is 18.2. The smallest absolute Gasteiger partial charge is 0.357 e. The third-order valence-electron chi connectivity index (χ3n) is 4.17. The monoisotopic (exact) mass is 493 g/mol. The first-order valence-electron chi connectivity index (χ1n) is 8.78. The lowest BCUT2D eigenvalue weighted by atomic mass is 10.2. The van der Waals surface area contributed by atoms with Gasteiger partial charge in [-0.25, -0.2) is 0 Å². The Hall–Kier alpha value is -0.780. The number of carbonyl (C=O) groups excluding carboxylic acids is 1. The lowest BCUT2D eigenvalue weighted by molar-refractivity contribution is -0.181. The van der Waals surface area contributed by atoms with Crippen LogP contribution in [0, 0.1) is 5.92 Å². The van der Waals surface area contributed by atoms with Gasteiger partial charge in [-0.15, -0.1) is 24.0 Å². The molecular formula is C16H31F3IN5O. The van der Waals surface area contributed by atoms with Crippen molar-refractivity contribution in [1.82, 2.24) is 20.4 Å². The minimum Gasteiger partial charge on any atom is -0.357 e. The number of hydrogen-bond acceptors (Lipinski definition) is 3. The van der Waals surface area contributed by atoms with Crippen molar-refractivity contribution < 1.29 is 18.0 Å². The molecule has 1 rings (SSSR count). The summed E-state index contributed by atoms with van der Waals surface area (Å²) in [4.78, 5) is 19.4. The van der Waals surface area contributed by atoms with Crippen LogP contribution in [0.2, 0.25) is 0 Å². The first-order valence-corrected chi connectivity index (χ1v) is 8.78. The van der Waals surface area contributed by atoms with Crippen molar-refractivity contribution in [3.8, 4) is 0 Å². The summed E-state index contributed by atoms with van der Waals surface area (Å²) in [6, 6.07) is -1.43. The van der Waals surface area contributed by atoms with Gasteiger partial charge in [-0.05, 0) is 13.8 Å². The second-order valence-corrected chi connectivity index (χ2v) is 6.42. The molecule has 1 aliphatic heterocycles. The average molecular weight is 493 g/mol. The molecule has 1 atom stereocenters. The Morgan fingerprint density at radius 3 is 2.15 bits per heavy atom. The van der Waals surface area contributed by atoms with Crippen LogP contribution in [0.1, 0.15) is 27.7 Å². The van der Waals surface area contributed by atoms with Crippen LogP contribution in [-0.2, 0) is 4.79 Å². The van der Waals surface area contributed by atoms with E-state index in [9.17, 15) is 18.0 Å². The summed E-state index contributed by atoms with van der Waals surface area (Å²) < 4.78 is 38.4. The number of nitrogens with zero attached hydrogens (tertiary/aromatic N) is 3. The number of halogens is 4. The van der Waals surface area contributed by atoms with Crippen LogP contribution in [0.15, 0.2) is 4.99 Å². The van der Waals surface area contributed by atoms with Crippen LogP contribution in [0.4, 0.5) is 13.2 Å². The summed E-state index contributed by atoms with van der Waals surface area (Å²) >= 11 is 0. The van der Waals surface area contributed by atoms with Gasteiger partial charge in [0.2, 0.25) is 5.91 Å². The molecule has 0 radical (unpaired) electrons. The number of hydrogen-bond donors (Lipinski definition) is 2. The van der Waals surface area contributed by atoms with E-state index in [1.54, 1.807) is 0 Å². The van der Waals surface area contributed by atoms with Gasteiger partial charge in [0.1, 0.15) is 6.04 Å². The van der Waals surface area contributed by atoms with Crippen LogP contribution in [0.25, 0.3) is 0 Å². The van der Waals surface area contributed by atoms with E-state index in [4.69, 9.17) is 0 Å². The Balaban J connectivity index is 0.00000625. The Kier molecular flexibility index (Phi) is 11.5. The Morgan fingerprint density at radius 1 is 1.12 bits per heavy atom. The second-order valence-electron chi connectivity index (χ2n) is 6.42. The van der Waals surface area contributed by atoms with Crippen LogP contribution in [0.5, 0.6) is 0 Å². The van der Waals surface area contributed by atoms with Crippen molar-refractivity contribution in [3.63, 3.8) is 0 Å². The fourth-order valence-corrected chi connectivity index (χ4v) is 2.50. The molecule has 154 valence electrons. The van der Waals surface area contributed by atoms with Gasteiger partial charge in [0.25, 0.3) is 0 Å². The molecule has 0 aromatic rings. The number of amides is 1. The second kappa shape index (κ2) is 11.8. The van der Waals surface area contributed by atoms with E-state index in [0.717, 1.165) is 0 Å². The minimum absolute atomic E-state index is 0. The predicted molar refractivity (Wildman–Crippen MR) is 108 cm³/mol. The van der Waals surface area contributed by atoms with Gasteiger partial charge in [0.15, 0.2) is 5.96 Å². The highest BCUT2D eigenvalue weighted by atomic mass is 127. The molecule has 1 amide bonds. The molecule has 1 fully saturated rings. The molecule has 1 unspecified atom stereocenters. The van der Waals surface area contributed by atoms with E-state index in [2.05, 4.69) is 15.6 Å². The fraction of sp³-hybridized carbons (Fsp3) is 0.875. The lowest BCUT2D eigenvalue weighted by Crippen LogP contribution is -2.56. The van der Waals surface area contributed by atoms with Crippen LogP contribution < -0.4 is 10.6 Å². The van der Waals surface area contributed by atoms with E-state index >= 15 is 0 Å². The highest BCUT2D eigenvalue weighted by molar-refractivity contribution is 14.0. The number of alkyl halides is 3. The molecule has 6 nitrogen and oxygen atoms in total. The normalized spacial score (nSPS) is 17.7. The average Bonchev–Trinajstić information content (AvgIpc) is 2.56. The predicted octanol–water partition coefficient (Wildman–Crippen LogP) is 1.91. The summed E-state index contributed by atoms with van der Waals surface area (Å²) in [5.74, 6) is 0.594. The van der Waals surface area contributed by atoms with Crippen molar-refractivity contribution in [2.24, 2.45) is 10.9 Å². The highest BCUT2D eigenvalue weighted by Gasteiger charge is 2.41. The van der Waals surface area contributed by atoms with Gasteiger partial charge < -0.3 is 15.5 Å². The Labute approximate surface area is 171 Å². The minimum atomic E-state index is -4.20. The van der Waals surface area contributed by atoms with Crippen LogP contribution in [-0.4, -0.2) is 79.7 Å². The number of nitrogens with one attached hydrogen (secondary N) is 2. The third-order valence-corrected chi connectivity index (χ3v) is 4.17. The first-order chi connectivity index (χ1) is 11.7. The summed E-state index contributed by atoms with van der Waals surface area (Å²) in [5.41, 5.74) is 0. The van der Waals surface area contributed by atoms with Gasteiger partial charge >= 0.3 is 6.18 Å². The molecule has 10 heteroatoms. The van der Waals surface area contributed by atoms with Gasteiger partial charge in [-0.1, -0.05) is 13.8 Å². The summed E-state index contributed by atoms with van der Waals surface area (Å²) in [6.45, 7) is 10.0. The molecule has 0 bridgehead atoms. The summed E-state index contributed by atoms with van der Waals surface area (Å²) in [7, 11) is 0. The maximum Gasteiger partial charge on any atom is 0.403 e. The number of rotatable bonds is 6. The van der Waals surface area contributed by atoms with E-state index in [1.807, 2.05) is 25.7 Å². The van der Waals surface area contributed by atoms with E-state index < -0.39 is 12.2 Å². The van der Waals surface area contributed by atoms with E-state index in [1.165, 1.54) is 11.8 Å². The van der Waals surface area contributed by atoms with Crippen molar-refractivity contribution in [1.29, 1.82) is 0 Å². The number of aliphatic imine (C=N–C) groups is 1. The third kappa shape index (κ3) is 8.28. The topological polar surface area (TPSA) is 60.0 Å². The molecule has 1 saturated heterocycles. The maximum atomic E-state index is 12.8. The summed E-state index contributed by atoms with van der Waals surface area (Å²) in [5, 5.41) is 5.96. The molecule has 1 heterocycles.